The Balaban J connectivity index is 1.30. The van der Waals surface area contributed by atoms with Gasteiger partial charge in [-0.3, -0.25) is 4.79 Å². The van der Waals surface area contributed by atoms with Crippen molar-refractivity contribution in [1.82, 2.24) is 0 Å². The minimum Gasteiger partial charge on any atom is -0.477 e. The predicted octanol–water partition coefficient (Wildman–Crippen LogP) is 6.79. The molecule has 1 spiro atoms. The third-order valence-electron chi connectivity index (χ3n) is 6.54. The SMILES string of the molecule is O=C1C(Br)=CC2(C=C1Oc1c(Br)cc(C/C(=N\OCc3ccccc3)C(=O)O)cc1Br)C/C(=N\OCc1ccccc1)C(=O)O2. The third-order valence-corrected chi connectivity index (χ3v) is 8.30. The summed E-state index contributed by atoms with van der Waals surface area (Å²) in [4.78, 5) is 48.2. The molecule has 0 saturated carbocycles. The van der Waals surface area contributed by atoms with Crippen LogP contribution in [0, 0.1) is 0 Å². The number of carbonyl (C=O) groups excluding carboxylic acids is 2. The Morgan fingerprint density at radius 2 is 1.47 bits per heavy atom. The Hall–Kier alpha value is -4.07. The molecule has 45 heavy (non-hydrogen) atoms. The number of allylic oxidation sites excluding steroid dienone is 1. The molecule has 1 heterocycles. The van der Waals surface area contributed by atoms with Crippen molar-refractivity contribution >= 4 is 76.9 Å². The Morgan fingerprint density at radius 3 is 2.07 bits per heavy atom. The van der Waals surface area contributed by atoms with Gasteiger partial charge in [0.05, 0.1) is 13.4 Å². The Morgan fingerprint density at radius 1 is 0.867 bits per heavy atom. The minimum atomic E-state index is -1.32. The van der Waals surface area contributed by atoms with Crippen LogP contribution in [0.25, 0.3) is 0 Å². The summed E-state index contributed by atoms with van der Waals surface area (Å²) in [6.07, 6.45) is 2.87. The molecule has 3 aromatic rings. The molecule has 0 amide bonds. The summed E-state index contributed by atoms with van der Waals surface area (Å²) < 4.78 is 12.7. The molecule has 0 aromatic heterocycles. The molecule has 230 valence electrons. The monoisotopic (exact) mass is 800 g/mol. The molecule has 5 rings (SSSR count). The van der Waals surface area contributed by atoms with Crippen LogP contribution in [-0.4, -0.2) is 39.9 Å². The number of esters is 1. The average molecular weight is 803 g/mol. The molecule has 0 bridgehead atoms. The second kappa shape index (κ2) is 14.4. The number of ether oxygens (including phenoxy) is 2. The Labute approximate surface area is 282 Å². The van der Waals surface area contributed by atoms with Gasteiger partial charge in [-0.2, -0.15) is 0 Å². The zero-order chi connectivity index (χ0) is 32.0. The second-order valence-corrected chi connectivity index (χ2v) is 12.5. The lowest BCUT2D eigenvalue weighted by atomic mass is 9.92. The minimum absolute atomic E-state index is 0.0147. The van der Waals surface area contributed by atoms with Gasteiger partial charge in [-0.05, 0) is 82.7 Å². The quantitative estimate of drug-likeness (QED) is 0.127. The van der Waals surface area contributed by atoms with Crippen molar-refractivity contribution < 1.29 is 38.6 Å². The lowest BCUT2D eigenvalue weighted by molar-refractivity contribution is -0.139. The van der Waals surface area contributed by atoms with Gasteiger partial charge in [-0.1, -0.05) is 71.0 Å². The number of benzene rings is 3. The maximum atomic E-state index is 13.0. The molecule has 1 atom stereocenters. The zero-order valence-corrected chi connectivity index (χ0v) is 28.0. The van der Waals surface area contributed by atoms with Crippen LogP contribution in [0.2, 0.25) is 0 Å². The molecule has 1 N–H and O–H groups in total. The summed E-state index contributed by atoms with van der Waals surface area (Å²) in [5.41, 5.74) is 0.845. The molecule has 1 fully saturated rings. The number of carbonyl (C=O) groups is 3. The van der Waals surface area contributed by atoms with Crippen LogP contribution in [0.4, 0.5) is 0 Å². The summed E-state index contributed by atoms with van der Waals surface area (Å²) >= 11 is 10.2. The number of aliphatic carboxylic acids is 1. The van der Waals surface area contributed by atoms with Gasteiger partial charge < -0.3 is 24.3 Å². The number of halogens is 3. The van der Waals surface area contributed by atoms with E-state index < -0.39 is 23.3 Å². The Kier molecular flexibility index (Phi) is 10.3. The highest BCUT2D eigenvalue weighted by molar-refractivity contribution is 9.12. The van der Waals surface area contributed by atoms with E-state index >= 15 is 0 Å². The summed E-state index contributed by atoms with van der Waals surface area (Å²) in [5, 5.41) is 17.5. The topological polar surface area (TPSA) is 133 Å². The fourth-order valence-corrected chi connectivity index (χ4v) is 6.44. The van der Waals surface area contributed by atoms with Crippen LogP contribution < -0.4 is 4.74 Å². The number of hydrogen-bond donors (Lipinski definition) is 1. The van der Waals surface area contributed by atoms with Crippen molar-refractivity contribution in [1.29, 1.82) is 0 Å². The van der Waals surface area contributed by atoms with Crippen molar-refractivity contribution in [2.24, 2.45) is 10.3 Å². The molecule has 10 nitrogen and oxygen atoms in total. The van der Waals surface area contributed by atoms with E-state index in [1.807, 2.05) is 60.7 Å². The van der Waals surface area contributed by atoms with Crippen molar-refractivity contribution in [2.45, 2.75) is 31.7 Å². The average Bonchev–Trinajstić information content (AvgIpc) is 3.31. The largest absolute Gasteiger partial charge is 0.477 e. The van der Waals surface area contributed by atoms with Gasteiger partial charge in [0.2, 0.25) is 5.78 Å². The highest BCUT2D eigenvalue weighted by Crippen LogP contribution is 2.40. The zero-order valence-electron chi connectivity index (χ0n) is 23.2. The first-order valence-corrected chi connectivity index (χ1v) is 15.7. The molecule has 2 aliphatic rings. The highest BCUT2D eigenvalue weighted by atomic mass is 79.9. The van der Waals surface area contributed by atoms with Crippen molar-refractivity contribution in [2.75, 3.05) is 0 Å². The van der Waals surface area contributed by atoms with Gasteiger partial charge in [0, 0.05) is 18.9 Å². The van der Waals surface area contributed by atoms with Crippen LogP contribution in [-0.2, 0) is 48.4 Å². The van der Waals surface area contributed by atoms with Gasteiger partial charge in [-0.15, -0.1) is 0 Å². The molecule has 1 unspecified atom stereocenters. The van der Waals surface area contributed by atoms with E-state index in [-0.39, 0.29) is 53.5 Å². The predicted molar refractivity (Wildman–Crippen MR) is 175 cm³/mol. The number of ketones is 1. The maximum Gasteiger partial charge on any atom is 0.357 e. The van der Waals surface area contributed by atoms with Crippen LogP contribution in [0.15, 0.2) is 114 Å². The Bertz CT molecular complexity index is 1730. The van der Waals surface area contributed by atoms with E-state index in [0.29, 0.717) is 14.5 Å². The summed E-state index contributed by atoms with van der Waals surface area (Å²) in [6, 6.07) is 21.9. The summed E-state index contributed by atoms with van der Waals surface area (Å²) in [6.45, 7) is 0.293. The summed E-state index contributed by atoms with van der Waals surface area (Å²) in [7, 11) is 0. The molecule has 1 aliphatic carbocycles. The number of nitrogens with zero attached hydrogens (tertiary/aromatic N) is 2. The number of carboxylic acids is 1. The fourth-order valence-electron chi connectivity index (χ4n) is 4.41. The van der Waals surface area contributed by atoms with Gasteiger partial charge in [0.25, 0.3) is 0 Å². The van der Waals surface area contributed by atoms with E-state index in [0.717, 1.165) is 11.1 Å². The molecule has 1 aliphatic heterocycles. The lowest BCUT2D eigenvalue weighted by Gasteiger charge is -2.25. The number of rotatable bonds is 11. The van der Waals surface area contributed by atoms with Crippen LogP contribution in [0.1, 0.15) is 23.1 Å². The van der Waals surface area contributed by atoms with E-state index in [1.54, 1.807) is 12.1 Å². The second-order valence-electron chi connectivity index (χ2n) is 9.92. The van der Waals surface area contributed by atoms with Crippen LogP contribution >= 0.6 is 47.8 Å². The molecular weight excluding hydrogens is 780 g/mol. The van der Waals surface area contributed by atoms with Gasteiger partial charge in [0.1, 0.15) is 13.2 Å². The first-order chi connectivity index (χ1) is 21.6. The van der Waals surface area contributed by atoms with Crippen LogP contribution in [0.5, 0.6) is 5.75 Å². The maximum absolute atomic E-state index is 13.0. The molecule has 3 aromatic carbocycles. The normalized spacial score (nSPS) is 18.8. The standard InChI is InChI=1S/C32H23Br3N2O8/c33-22-11-21(13-25(30(39)40)36-42-17-19-7-3-1-4-8-19)12-23(34)29(22)44-27-16-32(14-24(35)28(27)38)15-26(31(41)45-32)37-43-18-20-9-5-2-6-10-20/h1-12,14,16H,13,15,17-18H2,(H,39,40)/b36-25+,37-26+. The van der Waals surface area contributed by atoms with E-state index in [1.165, 1.54) is 12.2 Å². The first-order valence-electron chi connectivity index (χ1n) is 13.4. The lowest BCUT2D eigenvalue weighted by Crippen LogP contribution is -2.30. The van der Waals surface area contributed by atoms with Crippen LogP contribution in [0.3, 0.4) is 0 Å². The van der Waals surface area contributed by atoms with Crippen molar-refractivity contribution in [3.8, 4) is 5.75 Å². The number of hydrogen-bond acceptors (Lipinski definition) is 9. The molecule has 13 heteroatoms. The van der Waals surface area contributed by atoms with Crippen molar-refractivity contribution in [3.05, 3.63) is 121 Å². The van der Waals surface area contributed by atoms with Gasteiger partial charge in [0.15, 0.2) is 28.5 Å². The number of carboxylic acid groups (broad SMARTS) is 1. The molecule has 1 saturated heterocycles. The smallest absolute Gasteiger partial charge is 0.357 e. The fraction of sp³-hybridized carbons (Fsp3) is 0.156. The molecule has 0 radical (unpaired) electrons. The summed E-state index contributed by atoms with van der Waals surface area (Å²) in [5.74, 6) is -2.23. The van der Waals surface area contributed by atoms with E-state index in [2.05, 4.69) is 58.1 Å². The first kappa shape index (κ1) is 32.3. The number of Topliss-reactive ketones (excluding diaryl/α,β-unsaturated/α-hetero) is 1. The molecular formula is C32H23Br3N2O8. The van der Waals surface area contributed by atoms with E-state index in [9.17, 15) is 19.5 Å². The highest BCUT2D eigenvalue weighted by Gasteiger charge is 2.46. The van der Waals surface area contributed by atoms with Gasteiger partial charge >= 0.3 is 11.9 Å². The van der Waals surface area contributed by atoms with E-state index in [4.69, 9.17) is 19.1 Å². The van der Waals surface area contributed by atoms with Crippen molar-refractivity contribution in [3.63, 3.8) is 0 Å². The van der Waals surface area contributed by atoms with Gasteiger partial charge in [-0.25, -0.2) is 9.59 Å². The number of oxime groups is 2. The third kappa shape index (κ3) is 8.16.